The van der Waals surface area contributed by atoms with E-state index in [0.29, 0.717) is 38.9 Å². The highest BCUT2D eigenvalue weighted by Gasteiger charge is 2.50. The quantitative estimate of drug-likeness (QED) is 0.791. The van der Waals surface area contributed by atoms with Gasteiger partial charge in [-0.25, -0.2) is 9.37 Å². The van der Waals surface area contributed by atoms with Crippen LogP contribution in [0, 0.1) is 11.2 Å². The largest absolute Gasteiger partial charge is 0.460 e. The Morgan fingerprint density at radius 2 is 2.08 bits per heavy atom. The van der Waals surface area contributed by atoms with E-state index in [0.717, 1.165) is 0 Å². The van der Waals surface area contributed by atoms with E-state index in [1.54, 1.807) is 29.6 Å². The molecule has 0 aliphatic carbocycles. The molecule has 0 N–H and O–H groups in total. The molecule has 6 nitrogen and oxygen atoms in total. The molecule has 3 heterocycles. The Bertz CT molecular complexity index is 813. The molecule has 1 atom stereocenters. The summed E-state index contributed by atoms with van der Waals surface area (Å²) in [5.41, 5.74) is -0.451. The fraction of sp³-hybridized carbons (Fsp3) is 0.421. The van der Waals surface area contributed by atoms with E-state index in [1.807, 2.05) is 10.8 Å². The molecule has 0 bridgehead atoms. The van der Waals surface area contributed by atoms with Gasteiger partial charge in [0.2, 0.25) is 0 Å². The average molecular weight is 357 g/mol. The summed E-state index contributed by atoms with van der Waals surface area (Å²) in [6.07, 6.45) is 6.80. The first-order chi connectivity index (χ1) is 12.6. The van der Waals surface area contributed by atoms with Crippen LogP contribution in [0.3, 0.4) is 0 Å². The molecule has 1 unspecified atom stereocenters. The zero-order chi connectivity index (χ0) is 18.1. The summed E-state index contributed by atoms with van der Waals surface area (Å²) in [5, 5.41) is 0. The van der Waals surface area contributed by atoms with Crippen LogP contribution >= 0.6 is 0 Å². The summed E-state index contributed by atoms with van der Waals surface area (Å²) in [6.45, 7) is 1.45. The third-order valence-electron chi connectivity index (χ3n) is 5.41. The van der Waals surface area contributed by atoms with Crippen LogP contribution in [-0.4, -0.2) is 45.5 Å². The van der Waals surface area contributed by atoms with Crippen molar-refractivity contribution in [1.82, 2.24) is 14.5 Å². The van der Waals surface area contributed by atoms with Gasteiger partial charge in [-0.05, 0) is 25.0 Å². The Labute approximate surface area is 150 Å². The normalized spacial score (nSPS) is 21.8. The maximum absolute atomic E-state index is 13.9. The summed E-state index contributed by atoms with van der Waals surface area (Å²) in [5.74, 6) is -1.02. The van der Waals surface area contributed by atoms with Gasteiger partial charge in [-0.3, -0.25) is 9.59 Å². The lowest BCUT2D eigenvalue weighted by Crippen LogP contribution is -2.45. The van der Waals surface area contributed by atoms with Crippen LogP contribution in [0.1, 0.15) is 29.6 Å². The lowest BCUT2D eigenvalue weighted by atomic mass is 9.76. The smallest absolute Gasteiger partial charge is 0.312 e. The number of esters is 1. The third kappa shape index (κ3) is 2.98. The predicted octanol–water partition coefficient (Wildman–Crippen LogP) is 2.26. The molecule has 1 spiro atoms. The molecular weight excluding hydrogens is 337 g/mol. The summed E-state index contributed by atoms with van der Waals surface area (Å²) >= 11 is 0. The van der Waals surface area contributed by atoms with E-state index >= 15 is 0 Å². The van der Waals surface area contributed by atoms with E-state index in [9.17, 15) is 14.0 Å². The van der Waals surface area contributed by atoms with Crippen LogP contribution in [0.5, 0.6) is 0 Å². The summed E-state index contributed by atoms with van der Waals surface area (Å²) < 4.78 is 21.3. The zero-order valence-electron chi connectivity index (χ0n) is 14.3. The number of ether oxygens (including phenoxy) is 1. The van der Waals surface area contributed by atoms with Crippen molar-refractivity contribution in [3.8, 4) is 0 Å². The van der Waals surface area contributed by atoms with Crippen molar-refractivity contribution in [2.24, 2.45) is 5.41 Å². The number of likely N-dealkylation sites (tertiary alicyclic amines) is 1. The molecule has 26 heavy (non-hydrogen) atoms. The number of halogens is 1. The number of hydrogen-bond donors (Lipinski definition) is 0. The molecule has 2 aliphatic heterocycles. The molecule has 1 amide bonds. The van der Waals surface area contributed by atoms with Gasteiger partial charge in [0, 0.05) is 31.9 Å². The van der Waals surface area contributed by atoms with Gasteiger partial charge in [0.15, 0.2) is 0 Å². The van der Waals surface area contributed by atoms with Crippen molar-refractivity contribution < 1.29 is 18.7 Å². The first-order valence-electron chi connectivity index (χ1n) is 8.78. The number of piperidine rings is 1. The van der Waals surface area contributed by atoms with Gasteiger partial charge < -0.3 is 14.2 Å². The Hall–Kier alpha value is -2.70. The predicted molar refractivity (Wildman–Crippen MR) is 90.7 cm³/mol. The van der Waals surface area contributed by atoms with Gasteiger partial charge in [-0.1, -0.05) is 12.1 Å². The molecule has 1 aromatic heterocycles. The lowest BCUT2D eigenvalue weighted by Gasteiger charge is -2.36. The van der Waals surface area contributed by atoms with Crippen molar-refractivity contribution in [2.45, 2.75) is 31.9 Å². The molecule has 2 aromatic rings. The van der Waals surface area contributed by atoms with Crippen LogP contribution in [-0.2, 0) is 16.1 Å². The van der Waals surface area contributed by atoms with Gasteiger partial charge in [0.25, 0.3) is 5.91 Å². The van der Waals surface area contributed by atoms with Gasteiger partial charge >= 0.3 is 5.97 Å². The second-order valence-corrected chi connectivity index (χ2v) is 7.04. The van der Waals surface area contributed by atoms with Crippen molar-refractivity contribution in [3.63, 3.8) is 0 Å². The van der Waals surface area contributed by atoms with Crippen LogP contribution in [0.25, 0.3) is 0 Å². The Balaban J connectivity index is 1.40. The fourth-order valence-corrected chi connectivity index (χ4v) is 3.92. The minimum atomic E-state index is -0.530. The molecule has 2 aliphatic rings. The Morgan fingerprint density at radius 1 is 1.31 bits per heavy atom. The van der Waals surface area contributed by atoms with Gasteiger partial charge in [0.1, 0.15) is 11.9 Å². The highest BCUT2D eigenvalue weighted by Crippen LogP contribution is 2.43. The number of imidazole rings is 1. The van der Waals surface area contributed by atoms with E-state index in [-0.39, 0.29) is 23.5 Å². The fourth-order valence-electron chi connectivity index (χ4n) is 3.92. The van der Waals surface area contributed by atoms with Crippen LogP contribution < -0.4 is 0 Å². The monoisotopic (exact) mass is 357 g/mol. The molecule has 7 heteroatoms. The SMILES string of the molecule is O=C(c1ccccc1F)N1CCC2(CC1)CC(Cn1ccnc1)OC2=O. The molecular formula is C19H20FN3O3. The maximum atomic E-state index is 13.9. The molecule has 0 radical (unpaired) electrons. The van der Waals surface area contributed by atoms with Gasteiger partial charge in [0.05, 0.1) is 23.9 Å². The van der Waals surface area contributed by atoms with E-state index < -0.39 is 11.2 Å². The number of nitrogens with zero attached hydrogens (tertiary/aromatic N) is 3. The van der Waals surface area contributed by atoms with Crippen LogP contribution in [0.15, 0.2) is 43.0 Å². The maximum Gasteiger partial charge on any atom is 0.312 e. The first kappa shape index (κ1) is 16.8. The number of carbonyl (C=O) groups excluding carboxylic acids is 2. The standard InChI is InChI=1S/C19H20FN3O3/c20-16-4-2-1-3-15(16)17(24)23-8-5-19(6-9-23)11-14(26-18(19)25)12-22-10-7-21-13-22/h1-4,7,10,13-14H,5-6,8-9,11-12H2. The second kappa shape index (κ2) is 6.55. The van der Waals surface area contributed by atoms with Crippen molar-refractivity contribution >= 4 is 11.9 Å². The number of amides is 1. The number of benzene rings is 1. The number of aromatic nitrogens is 2. The van der Waals surface area contributed by atoms with E-state index in [2.05, 4.69) is 4.98 Å². The number of cyclic esters (lactones) is 1. The molecule has 2 saturated heterocycles. The zero-order valence-corrected chi connectivity index (χ0v) is 14.3. The highest BCUT2D eigenvalue weighted by molar-refractivity contribution is 5.94. The van der Waals surface area contributed by atoms with Crippen molar-refractivity contribution in [1.29, 1.82) is 0 Å². The molecule has 4 rings (SSSR count). The second-order valence-electron chi connectivity index (χ2n) is 7.04. The highest BCUT2D eigenvalue weighted by atomic mass is 19.1. The Morgan fingerprint density at radius 3 is 2.77 bits per heavy atom. The number of rotatable bonds is 3. The topological polar surface area (TPSA) is 64.4 Å². The lowest BCUT2D eigenvalue weighted by molar-refractivity contribution is -0.150. The molecule has 136 valence electrons. The van der Waals surface area contributed by atoms with Crippen LogP contribution in [0.4, 0.5) is 4.39 Å². The van der Waals surface area contributed by atoms with Gasteiger partial charge in [-0.15, -0.1) is 0 Å². The van der Waals surface area contributed by atoms with Gasteiger partial charge in [-0.2, -0.15) is 0 Å². The third-order valence-corrected chi connectivity index (χ3v) is 5.41. The van der Waals surface area contributed by atoms with Crippen molar-refractivity contribution in [3.05, 3.63) is 54.4 Å². The summed E-state index contributed by atoms with van der Waals surface area (Å²) in [6, 6.07) is 5.99. The number of hydrogen-bond acceptors (Lipinski definition) is 4. The Kier molecular flexibility index (Phi) is 4.22. The minimum Gasteiger partial charge on any atom is -0.460 e. The minimum absolute atomic E-state index is 0.0791. The van der Waals surface area contributed by atoms with Crippen molar-refractivity contribution in [2.75, 3.05) is 13.1 Å². The van der Waals surface area contributed by atoms with Crippen LogP contribution in [0.2, 0.25) is 0 Å². The summed E-state index contributed by atoms with van der Waals surface area (Å²) in [7, 11) is 0. The molecule has 1 aromatic carbocycles. The number of carbonyl (C=O) groups is 2. The molecule has 0 saturated carbocycles. The molecule has 2 fully saturated rings. The summed E-state index contributed by atoms with van der Waals surface area (Å²) in [4.78, 5) is 30.6. The average Bonchev–Trinajstić information content (AvgIpc) is 3.24. The first-order valence-corrected chi connectivity index (χ1v) is 8.78. The van der Waals surface area contributed by atoms with E-state index in [1.165, 1.54) is 12.1 Å². The van der Waals surface area contributed by atoms with E-state index in [4.69, 9.17) is 4.74 Å².